The lowest BCUT2D eigenvalue weighted by Gasteiger charge is -2.33. The minimum atomic E-state index is -0.212. The third kappa shape index (κ3) is 5.11. The first-order valence-corrected chi connectivity index (χ1v) is 10.9. The van der Waals surface area contributed by atoms with Crippen molar-refractivity contribution < 1.29 is 9.18 Å². The highest BCUT2D eigenvalue weighted by Gasteiger charge is 2.24. The van der Waals surface area contributed by atoms with E-state index in [-0.39, 0.29) is 11.8 Å². The number of hydrogen-bond acceptors (Lipinski definition) is 3. The molecule has 2 aliphatic rings. The van der Waals surface area contributed by atoms with Gasteiger partial charge in [-0.25, -0.2) is 9.18 Å². The molecule has 0 aromatic heterocycles. The van der Waals surface area contributed by atoms with Crippen molar-refractivity contribution in [3.63, 3.8) is 0 Å². The zero-order chi connectivity index (χ0) is 20.9. The first-order chi connectivity index (χ1) is 14.6. The summed E-state index contributed by atoms with van der Waals surface area (Å²) in [7, 11) is 0. The number of nitrogens with zero attached hydrogens (tertiary/aromatic N) is 2. The number of hydrogen-bond donors (Lipinski definition) is 2. The van der Waals surface area contributed by atoms with Crippen molar-refractivity contribution in [2.75, 3.05) is 37.6 Å². The first kappa shape index (κ1) is 20.7. The molecule has 0 unspecified atom stereocenters. The van der Waals surface area contributed by atoms with Gasteiger partial charge in [0.15, 0.2) is 0 Å². The maximum atomic E-state index is 13.1. The van der Waals surface area contributed by atoms with Crippen molar-refractivity contribution in [1.82, 2.24) is 15.5 Å². The zero-order valence-corrected chi connectivity index (χ0v) is 17.6. The van der Waals surface area contributed by atoms with Gasteiger partial charge >= 0.3 is 6.03 Å². The number of anilines is 1. The van der Waals surface area contributed by atoms with E-state index in [0.29, 0.717) is 25.0 Å². The normalized spacial score (nSPS) is 19.9. The summed E-state index contributed by atoms with van der Waals surface area (Å²) in [6.07, 6.45) is 2.10. The molecule has 2 aromatic rings. The average Bonchev–Trinajstić information content (AvgIpc) is 3.25. The highest BCUT2D eigenvalue weighted by atomic mass is 19.1. The minimum absolute atomic E-state index is 0.0977. The summed E-state index contributed by atoms with van der Waals surface area (Å²) in [5, 5.41) is 6.05. The molecule has 2 atom stereocenters. The van der Waals surface area contributed by atoms with Gasteiger partial charge < -0.3 is 15.5 Å². The van der Waals surface area contributed by atoms with Gasteiger partial charge in [0.25, 0.3) is 0 Å². The second kappa shape index (κ2) is 9.47. The van der Waals surface area contributed by atoms with Crippen molar-refractivity contribution in [1.29, 1.82) is 0 Å². The lowest BCUT2D eigenvalue weighted by atomic mass is 9.99. The third-order valence-corrected chi connectivity index (χ3v) is 6.37. The van der Waals surface area contributed by atoms with Crippen LogP contribution in [0.3, 0.4) is 0 Å². The van der Waals surface area contributed by atoms with E-state index in [1.54, 1.807) is 0 Å². The molecular weight excluding hydrogens is 379 g/mol. The van der Waals surface area contributed by atoms with Crippen molar-refractivity contribution in [2.45, 2.75) is 32.4 Å². The molecule has 2 aliphatic heterocycles. The Labute approximate surface area is 178 Å². The number of benzene rings is 2. The molecule has 5 nitrogen and oxygen atoms in total. The van der Waals surface area contributed by atoms with Crippen molar-refractivity contribution in [3.05, 3.63) is 65.5 Å². The molecule has 4 rings (SSSR count). The number of rotatable bonds is 6. The maximum Gasteiger partial charge on any atom is 0.314 e. The van der Waals surface area contributed by atoms with Gasteiger partial charge in [-0.1, -0.05) is 24.3 Å². The molecule has 0 bridgehead atoms. The monoisotopic (exact) mass is 410 g/mol. The van der Waals surface area contributed by atoms with E-state index in [1.807, 2.05) is 12.1 Å². The molecule has 160 valence electrons. The Balaban J connectivity index is 1.16. The van der Waals surface area contributed by atoms with Crippen LogP contribution in [0.4, 0.5) is 14.9 Å². The number of halogens is 1. The van der Waals surface area contributed by atoms with Gasteiger partial charge in [0.2, 0.25) is 0 Å². The van der Waals surface area contributed by atoms with Gasteiger partial charge in [-0.15, -0.1) is 0 Å². The van der Waals surface area contributed by atoms with Gasteiger partial charge in [-0.2, -0.15) is 0 Å². The summed E-state index contributed by atoms with van der Waals surface area (Å²) >= 11 is 0. The molecule has 2 heterocycles. The molecule has 2 amide bonds. The van der Waals surface area contributed by atoms with Gasteiger partial charge in [0.1, 0.15) is 5.82 Å². The van der Waals surface area contributed by atoms with Crippen LogP contribution >= 0.6 is 0 Å². The predicted octanol–water partition coefficient (Wildman–Crippen LogP) is 3.40. The van der Waals surface area contributed by atoms with Crippen LogP contribution in [0.15, 0.2) is 48.5 Å². The first-order valence-electron chi connectivity index (χ1n) is 10.9. The summed E-state index contributed by atoms with van der Waals surface area (Å²) in [6.45, 7) is 7.27. The zero-order valence-electron chi connectivity index (χ0n) is 17.6. The molecular formula is C24H31FN4O. The highest BCUT2D eigenvalue weighted by molar-refractivity contribution is 5.73. The summed E-state index contributed by atoms with van der Waals surface area (Å²) in [5.41, 5.74) is 3.88. The number of carbonyl (C=O) groups excluding carboxylic acids is 1. The van der Waals surface area contributed by atoms with Crippen LogP contribution in [0.5, 0.6) is 0 Å². The fraction of sp³-hybridized carbons (Fsp3) is 0.458. The quantitative estimate of drug-likeness (QED) is 0.767. The number of fused-ring (bicyclic) bond motifs is 1. The number of carbonyl (C=O) groups is 1. The SMILES string of the molecule is C[C@@H](CNC(=O)NC[C@H]1CCN(c2ccc(F)cc2)C1)N1CCc2ccccc2C1. The Kier molecular flexibility index (Phi) is 6.53. The Morgan fingerprint density at radius 1 is 1.10 bits per heavy atom. The topological polar surface area (TPSA) is 47.6 Å². The molecule has 6 heteroatoms. The van der Waals surface area contributed by atoms with Crippen LogP contribution in [0.25, 0.3) is 0 Å². The minimum Gasteiger partial charge on any atom is -0.371 e. The molecule has 1 fully saturated rings. The van der Waals surface area contributed by atoms with Gasteiger partial charge in [0.05, 0.1) is 0 Å². The van der Waals surface area contributed by atoms with E-state index in [1.165, 1.54) is 23.3 Å². The van der Waals surface area contributed by atoms with E-state index < -0.39 is 0 Å². The second-order valence-electron chi connectivity index (χ2n) is 8.51. The van der Waals surface area contributed by atoms with E-state index in [9.17, 15) is 9.18 Å². The molecule has 30 heavy (non-hydrogen) atoms. The molecule has 0 saturated carbocycles. The van der Waals surface area contributed by atoms with Crippen LogP contribution in [0.2, 0.25) is 0 Å². The van der Waals surface area contributed by atoms with Crippen LogP contribution in [0, 0.1) is 11.7 Å². The van der Waals surface area contributed by atoms with Gasteiger partial charge in [-0.05, 0) is 61.1 Å². The molecule has 0 aliphatic carbocycles. The molecule has 0 radical (unpaired) electrons. The number of urea groups is 1. The standard InChI is InChI=1S/C24H31FN4O/c1-18(28-13-11-20-4-2-3-5-21(20)17-28)14-26-24(30)27-15-19-10-12-29(16-19)23-8-6-22(25)7-9-23/h2-9,18-19H,10-17H2,1H3,(H2,26,27,30)/t18-,19+/m0/s1. The second-order valence-corrected chi connectivity index (χ2v) is 8.51. The van der Waals surface area contributed by atoms with Crippen LogP contribution in [-0.2, 0) is 13.0 Å². The average molecular weight is 411 g/mol. The van der Waals surface area contributed by atoms with E-state index >= 15 is 0 Å². The van der Waals surface area contributed by atoms with E-state index in [0.717, 1.165) is 44.7 Å². The maximum absolute atomic E-state index is 13.1. The van der Waals surface area contributed by atoms with Crippen LogP contribution in [-0.4, -0.2) is 49.7 Å². The van der Waals surface area contributed by atoms with Gasteiger partial charge in [0, 0.05) is 51.0 Å². The molecule has 0 spiro atoms. The van der Waals surface area contributed by atoms with Crippen molar-refractivity contribution in [2.24, 2.45) is 5.92 Å². The van der Waals surface area contributed by atoms with Crippen LogP contribution in [0.1, 0.15) is 24.5 Å². The predicted molar refractivity (Wildman–Crippen MR) is 118 cm³/mol. The largest absolute Gasteiger partial charge is 0.371 e. The third-order valence-electron chi connectivity index (χ3n) is 6.37. The fourth-order valence-electron chi connectivity index (χ4n) is 4.45. The Hall–Kier alpha value is -2.60. The Morgan fingerprint density at radius 2 is 1.87 bits per heavy atom. The van der Waals surface area contributed by atoms with Crippen molar-refractivity contribution in [3.8, 4) is 0 Å². The summed E-state index contributed by atoms with van der Waals surface area (Å²) in [5.74, 6) is 0.202. The molecule has 1 saturated heterocycles. The van der Waals surface area contributed by atoms with Crippen molar-refractivity contribution >= 4 is 11.7 Å². The van der Waals surface area contributed by atoms with E-state index in [2.05, 4.69) is 51.6 Å². The smallest absolute Gasteiger partial charge is 0.314 e. The lowest BCUT2D eigenvalue weighted by Crippen LogP contribution is -2.47. The fourth-order valence-corrected chi connectivity index (χ4v) is 4.45. The van der Waals surface area contributed by atoms with Crippen LogP contribution < -0.4 is 15.5 Å². The Bertz CT molecular complexity index is 857. The summed E-state index contributed by atoms with van der Waals surface area (Å²) in [4.78, 5) is 17.0. The van der Waals surface area contributed by atoms with E-state index in [4.69, 9.17) is 0 Å². The van der Waals surface area contributed by atoms with Gasteiger partial charge in [-0.3, -0.25) is 4.90 Å². The number of amides is 2. The number of nitrogens with one attached hydrogen (secondary N) is 2. The molecule has 2 aromatic carbocycles. The molecule has 2 N–H and O–H groups in total. The Morgan fingerprint density at radius 3 is 2.67 bits per heavy atom. The highest BCUT2D eigenvalue weighted by Crippen LogP contribution is 2.23. The summed E-state index contributed by atoms with van der Waals surface area (Å²) < 4.78 is 13.1. The lowest BCUT2D eigenvalue weighted by molar-refractivity contribution is 0.184. The summed E-state index contributed by atoms with van der Waals surface area (Å²) in [6, 6.07) is 15.4.